The summed E-state index contributed by atoms with van der Waals surface area (Å²) in [5, 5.41) is 25.0. The van der Waals surface area contributed by atoms with E-state index >= 15 is 0 Å². The number of nitrogens with one attached hydrogen (secondary N) is 1. The molecule has 0 radical (unpaired) electrons. The Bertz CT molecular complexity index is 1230. The average molecular weight is 521 g/mol. The standard InChI is InChI=1S/C27H35F3N4O3/c1-16(2)22-7-6-18(12-31-22)26(36)10-17(3)33-19(11-26)13-37-20-8-21(27(28,29)30)24-23(9-20)32-15-34(24)14-25(4,5)35/h6-9,12,15-17,19,33,35-36H,10-11,13-14H2,1-5H3. The molecular weight excluding hydrogens is 485 g/mol. The predicted octanol–water partition coefficient (Wildman–Crippen LogP) is 4.75. The molecule has 0 spiro atoms. The fourth-order valence-electron chi connectivity index (χ4n) is 5.10. The summed E-state index contributed by atoms with van der Waals surface area (Å²) in [6, 6.07) is 5.92. The zero-order chi connectivity index (χ0) is 27.2. The van der Waals surface area contributed by atoms with Crippen LogP contribution in [0.5, 0.6) is 5.75 Å². The number of halogens is 3. The maximum atomic E-state index is 14.0. The number of rotatable bonds is 7. The lowest BCUT2D eigenvalue weighted by Crippen LogP contribution is -2.53. The minimum atomic E-state index is -4.64. The van der Waals surface area contributed by atoms with Crippen molar-refractivity contribution in [1.29, 1.82) is 0 Å². The molecule has 7 nitrogen and oxygen atoms in total. The first-order valence-corrected chi connectivity index (χ1v) is 12.5. The smallest absolute Gasteiger partial charge is 0.418 e. The minimum Gasteiger partial charge on any atom is -0.492 e. The molecule has 0 aliphatic carbocycles. The van der Waals surface area contributed by atoms with Crippen molar-refractivity contribution in [3.63, 3.8) is 0 Å². The van der Waals surface area contributed by atoms with Gasteiger partial charge in [0.25, 0.3) is 0 Å². The lowest BCUT2D eigenvalue weighted by atomic mass is 9.79. The van der Waals surface area contributed by atoms with Crippen LogP contribution >= 0.6 is 0 Å². The molecule has 1 aliphatic rings. The molecule has 37 heavy (non-hydrogen) atoms. The summed E-state index contributed by atoms with van der Waals surface area (Å²) in [6.45, 7) is 9.14. The average Bonchev–Trinajstić information content (AvgIpc) is 3.17. The number of imidazole rings is 1. The number of alkyl halides is 3. The van der Waals surface area contributed by atoms with Gasteiger partial charge in [-0.25, -0.2) is 4.98 Å². The molecule has 3 N–H and O–H groups in total. The number of aromatic nitrogens is 3. The van der Waals surface area contributed by atoms with Gasteiger partial charge in [0.1, 0.15) is 12.4 Å². The number of aliphatic hydroxyl groups is 2. The Kier molecular flexibility index (Phi) is 7.31. The van der Waals surface area contributed by atoms with E-state index in [0.717, 1.165) is 11.8 Å². The maximum absolute atomic E-state index is 14.0. The molecule has 0 bridgehead atoms. The van der Waals surface area contributed by atoms with Gasteiger partial charge < -0.3 is 24.8 Å². The highest BCUT2D eigenvalue weighted by atomic mass is 19.4. The molecule has 3 atom stereocenters. The zero-order valence-electron chi connectivity index (χ0n) is 21.8. The summed E-state index contributed by atoms with van der Waals surface area (Å²) in [5.74, 6) is 0.317. The van der Waals surface area contributed by atoms with E-state index in [1.807, 2.05) is 19.1 Å². The number of pyridine rings is 1. The number of benzene rings is 1. The highest BCUT2D eigenvalue weighted by molar-refractivity contribution is 5.81. The second-order valence-corrected chi connectivity index (χ2v) is 11.2. The van der Waals surface area contributed by atoms with Crippen LogP contribution in [-0.2, 0) is 18.3 Å². The maximum Gasteiger partial charge on any atom is 0.418 e. The van der Waals surface area contributed by atoms with Crippen LogP contribution in [0, 0.1) is 0 Å². The molecule has 202 valence electrons. The van der Waals surface area contributed by atoms with Crippen molar-refractivity contribution in [3.8, 4) is 5.75 Å². The van der Waals surface area contributed by atoms with E-state index in [1.54, 1.807) is 6.20 Å². The fourth-order valence-corrected chi connectivity index (χ4v) is 5.10. The lowest BCUT2D eigenvalue weighted by molar-refractivity contribution is -0.136. The van der Waals surface area contributed by atoms with Crippen molar-refractivity contribution in [2.45, 2.75) is 89.4 Å². The highest BCUT2D eigenvalue weighted by Gasteiger charge is 2.40. The largest absolute Gasteiger partial charge is 0.492 e. The van der Waals surface area contributed by atoms with E-state index < -0.39 is 22.9 Å². The Hall–Kier alpha value is -2.69. The van der Waals surface area contributed by atoms with Gasteiger partial charge in [-0.05, 0) is 51.7 Å². The number of hydrogen-bond acceptors (Lipinski definition) is 6. The van der Waals surface area contributed by atoms with Gasteiger partial charge in [0.2, 0.25) is 0 Å². The monoisotopic (exact) mass is 520 g/mol. The molecule has 3 heterocycles. The first-order valence-electron chi connectivity index (χ1n) is 12.5. The number of fused-ring (bicyclic) bond motifs is 1. The third kappa shape index (κ3) is 6.25. The molecule has 1 saturated heterocycles. The number of ether oxygens (including phenoxy) is 1. The van der Waals surface area contributed by atoms with Gasteiger partial charge in [-0.15, -0.1) is 0 Å². The molecule has 1 fully saturated rings. The first-order chi connectivity index (χ1) is 17.1. The van der Waals surface area contributed by atoms with E-state index in [0.29, 0.717) is 18.4 Å². The van der Waals surface area contributed by atoms with Crippen LogP contribution < -0.4 is 10.1 Å². The second-order valence-electron chi connectivity index (χ2n) is 11.2. The van der Waals surface area contributed by atoms with Crippen molar-refractivity contribution in [2.24, 2.45) is 0 Å². The Morgan fingerprint density at radius 1 is 1.19 bits per heavy atom. The summed E-state index contributed by atoms with van der Waals surface area (Å²) in [4.78, 5) is 8.62. The van der Waals surface area contributed by atoms with E-state index in [9.17, 15) is 23.4 Å². The van der Waals surface area contributed by atoms with Crippen LogP contribution in [0.1, 0.15) is 70.2 Å². The predicted molar refractivity (Wildman–Crippen MR) is 134 cm³/mol. The van der Waals surface area contributed by atoms with Gasteiger partial charge in [-0.2, -0.15) is 13.2 Å². The second kappa shape index (κ2) is 9.89. The number of nitrogens with zero attached hydrogens (tertiary/aromatic N) is 3. The molecule has 1 aliphatic heterocycles. The van der Waals surface area contributed by atoms with Gasteiger partial charge in [0.15, 0.2) is 0 Å². The molecular formula is C27H35F3N4O3. The van der Waals surface area contributed by atoms with Crippen LogP contribution in [0.3, 0.4) is 0 Å². The molecule has 4 rings (SSSR count). The minimum absolute atomic E-state index is 0.0390. The van der Waals surface area contributed by atoms with Crippen molar-refractivity contribution < 1.29 is 28.1 Å². The van der Waals surface area contributed by atoms with Crippen LogP contribution in [0.4, 0.5) is 13.2 Å². The van der Waals surface area contributed by atoms with E-state index in [2.05, 4.69) is 29.1 Å². The van der Waals surface area contributed by atoms with Crippen molar-refractivity contribution in [3.05, 3.63) is 53.6 Å². The van der Waals surface area contributed by atoms with Crippen molar-refractivity contribution in [1.82, 2.24) is 19.9 Å². The molecule has 1 aromatic carbocycles. The summed E-state index contributed by atoms with van der Waals surface area (Å²) in [5.41, 5.74) is -1.53. The summed E-state index contributed by atoms with van der Waals surface area (Å²) < 4.78 is 49.1. The third-order valence-corrected chi connectivity index (χ3v) is 6.66. The summed E-state index contributed by atoms with van der Waals surface area (Å²) >= 11 is 0. The Labute approximate surface area is 214 Å². The van der Waals surface area contributed by atoms with Crippen LogP contribution in [0.15, 0.2) is 36.8 Å². The number of hydrogen-bond donors (Lipinski definition) is 3. The fraction of sp³-hybridized carbons (Fsp3) is 0.556. The Balaban J connectivity index is 1.55. The van der Waals surface area contributed by atoms with Gasteiger partial charge in [-0.3, -0.25) is 4.98 Å². The SMILES string of the molecule is CC1CC(O)(c2ccc(C(C)C)nc2)CC(COc2cc(C(F)(F)F)c3c(c2)ncn3CC(C)(C)O)N1. The van der Waals surface area contributed by atoms with Gasteiger partial charge in [-0.1, -0.05) is 19.9 Å². The summed E-state index contributed by atoms with van der Waals surface area (Å²) in [6.07, 6.45) is -0.824. The topological polar surface area (TPSA) is 92.4 Å². The molecule has 10 heteroatoms. The molecule has 3 unspecified atom stereocenters. The summed E-state index contributed by atoms with van der Waals surface area (Å²) in [7, 11) is 0. The molecule has 0 amide bonds. The number of piperidine rings is 1. The van der Waals surface area contributed by atoms with Crippen molar-refractivity contribution in [2.75, 3.05) is 6.61 Å². The first kappa shape index (κ1) is 27.3. The van der Waals surface area contributed by atoms with Crippen LogP contribution in [0.2, 0.25) is 0 Å². The van der Waals surface area contributed by atoms with Crippen LogP contribution in [-0.4, -0.2) is 49.0 Å². The zero-order valence-corrected chi connectivity index (χ0v) is 21.8. The molecule has 2 aromatic heterocycles. The quantitative estimate of drug-likeness (QED) is 0.416. The van der Waals surface area contributed by atoms with E-state index in [-0.39, 0.29) is 47.9 Å². The van der Waals surface area contributed by atoms with Crippen molar-refractivity contribution >= 4 is 11.0 Å². The van der Waals surface area contributed by atoms with Crippen LogP contribution in [0.25, 0.3) is 11.0 Å². The highest BCUT2D eigenvalue weighted by Crippen LogP contribution is 2.39. The third-order valence-electron chi connectivity index (χ3n) is 6.66. The molecule has 3 aromatic rings. The normalized spacial score (nSPS) is 23.1. The lowest BCUT2D eigenvalue weighted by Gasteiger charge is -2.41. The van der Waals surface area contributed by atoms with E-state index in [4.69, 9.17) is 4.74 Å². The Morgan fingerprint density at radius 2 is 1.92 bits per heavy atom. The molecule has 0 saturated carbocycles. The van der Waals surface area contributed by atoms with Gasteiger partial charge >= 0.3 is 6.18 Å². The van der Waals surface area contributed by atoms with E-state index in [1.165, 1.54) is 30.8 Å². The van der Waals surface area contributed by atoms with Gasteiger partial charge in [0.05, 0.1) is 40.7 Å². The van der Waals surface area contributed by atoms with Gasteiger partial charge in [0, 0.05) is 35.6 Å². The Morgan fingerprint density at radius 3 is 2.51 bits per heavy atom.